The minimum Gasteiger partial charge on any atom is -0.507 e. The number of hydrogen-bond donors (Lipinski definition) is 1. The van der Waals surface area contributed by atoms with Crippen LogP contribution in [0, 0.1) is 11.8 Å². The predicted molar refractivity (Wildman–Crippen MR) is 78.0 cm³/mol. The van der Waals surface area contributed by atoms with Gasteiger partial charge in [0.1, 0.15) is 5.75 Å². The lowest BCUT2D eigenvalue weighted by atomic mass is 10.1. The summed E-state index contributed by atoms with van der Waals surface area (Å²) in [4.78, 5) is 0. The van der Waals surface area contributed by atoms with E-state index in [4.69, 9.17) is 0 Å². The average Bonchev–Trinajstić information content (AvgIpc) is 2.46. The molecule has 0 amide bonds. The predicted octanol–water partition coefficient (Wildman–Crippen LogP) is 3.95. The first kappa shape index (κ1) is 11.4. The molecule has 0 spiro atoms. The summed E-state index contributed by atoms with van der Waals surface area (Å²) in [7, 11) is 0. The molecule has 3 rings (SSSR count). The molecule has 0 saturated carbocycles. The van der Waals surface area contributed by atoms with Crippen molar-refractivity contribution in [2.75, 3.05) is 0 Å². The van der Waals surface area contributed by atoms with Crippen molar-refractivity contribution in [3.8, 4) is 17.6 Å². The molecule has 0 aromatic heterocycles. The minimum atomic E-state index is 0.224. The number of aromatic hydroxyl groups is 1. The Morgan fingerprint density at radius 2 is 1.32 bits per heavy atom. The van der Waals surface area contributed by atoms with Gasteiger partial charge in [0.15, 0.2) is 0 Å². The van der Waals surface area contributed by atoms with Crippen molar-refractivity contribution in [3.05, 3.63) is 77.9 Å². The molecule has 0 aliphatic rings. The zero-order valence-corrected chi connectivity index (χ0v) is 10.3. The van der Waals surface area contributed by atoms with Crippen LogP contribution < -0.4 is 0 Å². The average molecular weight is 244 g/mol. The monoisotopic (exact) mass is 244 g/mol. The number of hydrogen-bond acceptors (Lipinski definition) is 1. The fourth-order valence-electron chi connectivity index (χ4n) is 1.99. The van der Waals surface area contributed by atoms with Gasteiger partial charge in [0.25, 0.3) is 0 Å². The number of benzene rings is 3. The first-order valence-corrected chi connectivity index (χ1v) is 6.12. The second-order valence-corrected chi connectivity index (χ2v) is 4.33. The summed E-state index contributed by atoms with van der Waals surface area (Å²) in [6.07, 6.45) is 0. The van der Waals surface area contributed by atoms with E-state index in [2.05, 4.69) is 11.8 Å². The molecular weight excluding hydrogens is 232 g/mol. The second-order valence-electron chi connectivity index (χ2n) is 4.33. The van der Waals surface area contributed by atoms with Gasteiger partial charge in [-0.05, 0) is 35.0 Å². The molecule has 0 aliphatic heterocycles. The third-order valence-electron chi connectivity index (χ3n) is 2.98. The maximum absolute atomic E-state index is 9.98. The molecule has 90 valence electrons. The van der Waals surface area contributed by atoms with Gasteiger partial charge in [-0.2, -0.15) is 0 Å². The molecule has 1 nitrogen and oxygen atoms in total. The summed E-state index contributed by atoms with van der Waals surface area (Å²) in [6, 6.07) is 21.4. The maximum atomic E-state index is 9.98. The zero-order chi connectivity index (χ0) is 13.1. The summed E-state index contributed by atoms with van der Waals surface area (Å²) < 4.78 is 0. The first-order valence-electron chi connectivity index (χ1n) is 6.12. The quantitative estimate of drug-likeness (QED) is 0.594. The van der Waals surface area contributed by atoms with Crippen LogP contribution in [0.1, 0.15) is 11.1 Å². The first-order chi connectivity index (χ1) is 9.33. The summed E-state index contributed by atoms with van der Waals surface area (Å²) >= 11 is 0. The summed E-state index contributed by atoms with van der Waals surface area (Å²) in [5, 5.41) is 12.1. The molecule has 0 atom stereocenters. The van der Waals surface area contributed by atoms with Crippen LogP contribution in [0.2, 0.25) is 0 Å². The molecule has 0 fully saturated rings. The van der Waals surface area contributed by atoms with Crippen molar-refractivity contribution >= 4 is 10.8 Å². The zero-order valence-electron chi connectivity index (χ0n) is 10.3. The topological polar surface area (TPSA) is 20.2 Å². The largest absolute Gasteiger partial charge is 0.507 e. The summed E-state index contributed by atoms with van der Waals surface area (Å²) in [5.41, 5.74) is 1.60. The molecule has 0 bridgehead atoms. The Balaban J connectivity index is 2.06. The van der Waals surface area contributed by atoms with Gasteiger partial charge in [-0.25, -0.2) is 0 Å². The third kappa shape index (κ3) is 2.43. The van der Waals surface area contributed by atoms with E-state index in [1.54, 1.807) is 6.07 Å². The van der Waals surface area contributed by atoms with Crippen molar-refractivity contribution in [3.63, 3.8) is 0 Å². The number of rotatable bonds is 0. The lowest BCUT2D eigenvalue weighted by Gasteiger charge is -2.01. The standard InChI is InChI=1S/C18H12O/c19-18-13-16-9-5-4-8-15(16)12-17(18)11-10-14-6-2-1-3-7-14/h1-9,12-13,19H. The Labute approximate surface area is 112 Å². The molecular formula is C18H12O. The van der Waals surface area contributed by atoms with Gasteiger partial charge in [-0.3, -0.25) is 0 Å². The summed E-state index contributed by atoms with van der Waals surface area (Å²) in [5.74, 6) is 6.30. The van der Waals surface area contributed by atoms with Crippen LogP contribution in [0.3, 0.4) is 0 Å². The number of phenolic OH excluding ortho intramolecular Hbond substituents is 1. The number of fused-ring (bicyclic) bond motifs is 1. The molecule has 0 unspecified atom stereocenters. The van der Waals surface area contributed by atoms with Gasteiger partial charge >= 0.3 is 0 Å². The highest BCUT2D eigenvalue weighted by Gasteiger charge is 2.00. The molecule has 3 aromatic carbocycles. The van der Waals surface area contributed by atoms with Crippen LogP contribution in [0.5, 0.6) is 5.75 Å². The van der Waals surface area contributed by atoms with Crippen LogP contribution >= 0.6 is 0 Å². The highest BCUT2D eigenvalue weighted by Crippen LogP contribution is 2.24. The van der Waals surface area contributed by atoms with Crippen molar-refractivity contribution in [1.29, 1.82) is 0 Å². The van der Waals surface area contributed by atoms with Crippen molar-refractivity contribution in [2.45, 2.75) is 0 Å². The van der Waals surface area contributed by atoms with Gasteiger partial charge in [0.05, 0.1) is 5.56 Å². The van der Waals surface area contributed by atoms with E-state index in [1.165, 1.54) is 0 Å². The van der Waals surface area contributed by atoms with Crippen molar-refractivity contribution in [2.24, 2.45) is 0 Å². The lowest BCUT2D eigenvalue weighted by Crippen LogP contribution is -1.80. The van der Waals surface area contributed by atoms with E-state index >= 15 is 0 Å². The van der Waals surface area contributed by atoms with Crippen LogP contribution in [-0.2, 0) is 0 Å². The Morgan fingerprint density at radius 3 is 2.05 bits per heavy atom. The van der Waals surface area contributed by atoms with Gasteiger partial charge in [-0.1, -0.05) is 54.3 Å². The molecule has 1 heteroatoms. The second kappa shape index (κ2) is 4.88. The molecule has 0 heterocycles. The van der Waals surface area contributed by atoms with Crippen LogP contribution in [0.25, 0.3) is 10.8 Å². The van der Waals surface area contributed by atoms with E-state index < -0.39 is 0 Å². The number of phenols is 1. The highest BCUT2D eigenvalue weighted by molar-refractivity contribution is 5.85. The molecule has 0 radical (unpaired) electrons. The van der Waals surface area contributed by atoms with Crippen molar-refractivity contribution < 1.29 is 5.11 Å². The van der Waals surface area contributed by atoms with E-state index in [9.17, 15) is 5.11 Å². The fraction of sp³-hybridized carbons (Fsp3) is 0. The maximum Gasteiger partial charge on any atom is 0.131 e. The SMILES string of the molecule is Oc1cc2ccccc2cc1C#Cc1ccccc1. The van der Waals surface area contributed by atoms with E-state index in [0.717, 1.165) is 16.3 Å². The Bertz CT molecular complexity index is 777. The van der Waals surface area contributed by atoms with E-state index in [1.807, 2.05) is 60.7 Å². The van der Waals surface area contributed by atoms with Crippen LogP contribution in [0.4, 0.5) is 0 Å². The van der Waals surface area contributed by atoms with E-state index in [0.29, 0.717) is 5.56 Å². The highest BCUT2D eigenvalue weighted by atomic mass is 16.3. The molecule has 0 saturated heterocycles. The fourth-order valence-corrected chi connectivity index (χ4v) is 1.99. The molecule has 0 aliphatic carbocycles. The van der Waals surface area contributed by atoms with Crippen LogP contribution in [0.15, 0.2) is 66.7 Å². The lowest BCUT2D eigenvalue weighted by molar-refractivity contribution is 0.474. The Hall–Kier alpha value is -2.72. The molecule has 3 aromatic rings. The normalized spacial score (nSPS) is 9.89. The molecule has 19 heavy (non-hydrogen) atoms. The summed E-state index contributed by atoms with van der Waals surface area (Å²) in [6.45, 7) is 0. The van der Waals surface area contributed by atoms with Gasteiger partial charge in [-0.15, -0.1) is 0 Å². The van der Waals surface area contributed by atoms with E-state index in [-0.39, 0.29) is 5.75 Å². The van der Waals surface area contributed by atoms with Gasteiger partial charge < -0.3 is 5.11 Å². The molecule has 1 N–H and O–H groups in total. The minimum absolute atomic E-state index is 0.224. The Morgan fingerprint density at radius 1 is 0.684 bits per heavy atom. The third-order valence-corrected chi connectivity index (χ3v) is 2.98. The van der Waals surface area contributed by atoms with Gasteiger partial charge in [0, 0.05) is 5.56 Å². The van der Waals surface area contributed by atoms with Crippen LogP contribution in [-0.4, -0.2) is 5.11 Å². The van der Waals surface area contributed by atoms with Crippen molar-refractivity contribution in [1.82, 2.24) is 0 Å². The van der Waals surface area contributed by atoms with Gasteiger partial charge in [0.2, 0.25) is 0 Å². The smallest absolute Gasteiger partial charge is 0.131 e. The Kier molecular flexibility index (Phi) is 2.92.